The molecule has 3 nitrogen and oxygen atoms in total. The molecule has 0 aliphatic heterocycles. The summed E-state index contributed by atoms with van der Waals surface area (Å²) in [6.07, 6.45) is 2.02. The van der Waals surface area contributed by atoms with Crippen LogP contribution in [0.2, 0.25) is 13.1 Å². The third-order valence-electron chi connectivity index (χ3n) is 4.32. The van der Waals surface area contributed by atoms with Crippen LogP contribution in [0, 0.1) is 0 Å². The predicted octanol–water partition coefficient (Wildman–Crippen LogP) is 4.34. The number of methoxy groups -OCH3 is 1. The van der Waals surface area contributed by atoms with Gasteiger partial charge in [-0.2, -0.15) is 0 Å². The number of carbonyl (C=O) groups excluding carboxylic acids is 1. The van der Waals surface area contributed by atoms with E-state index in [-0.39, 0.29) is 12.4 Å². The Kier molecular flexibility index (Phi) is 7.02. The molecule has 0 unspecified atom stereocenters. The van der Waals surface area contributed by atoms with Crippen LogP contribution in [0.1, 0.15) is 18.9 Å². The molecule has 136 valence electrons. The molecule has 0 saturated carbocycles. The lowest BCUT2D eigenvalue weighted by Crippen LogP contribution is -2.42. The first-order chi connectivity index (χ1) is 12.5. The van der Waals surface area contributed by atoms with E-state index in [4.69, 9.17) is 9.47 Å². The fraction of sp³-hybridized carbons (Fsp3) is 0.273. The Balaban J connectivity index is 2.47. The van der Waals surface area contributed by atoms with Gasteiger partial charge in [0.05, 0.1) is 20.1 Å². The van der Waals surface area contributed by atoms with Crippen molar-refractivity contribution in [1.82, 2.24) is 0 Å². The van der Waals surface area contributed by atoms with Gasteiger partial charge in [0.2, 0.25) is 0 Å². The van der Waals surface area contributed by atoms with Gasteiger partial charge in [-0.05, 0) is 35.9 Å². The largest absolute Gasteiger partial charge is 0.497 e. The molecular formula is C22H26O3Si. The highest BCUT2D eigenvalue weighted by Gasteiger charge is 2.29. The zero-order chi connectivity index (χ0) is 19.0. The molecule has 0 atom stereocenters. The minimum atomic E-state index is -1.99. The normalized spacial score (nSPS) is 10.6. The van der Waals surface area contributed by atoms with Crippen LogP contribution in [0.3, 0.4) is 0 Å². The van der Waals surface area contributed by atoms with Gasteiger partial charge in [0, 0.05) is 0 Å². The lowest BCUT2D eigenvalue weighted by molar-refractivity contribution is -0.142. The molecule has 2 aromatic carbocycles. The Labute approximate surface area is 157 Å². The van der Waals surface area contributed by atoms with Crippen LogP contribution in [0.15, 0.2) is 66.4 Å². The third kappa shape index (κ3) is 4.98. The van der Waals surface area contributed by atoms with E-state index >= 15 is 0 Å². The minimum absolute atomic E-state index is 0.228. The standard InChI is InChI=1S/C22H26O3Si/c1-5-25-22(23)13-9-12-21(18-14-16-19(24-2)17-15-18)26(3,4)20-10-7-6-8-11-20/h6-11,14-17H,5,13H2,1-4H3. The topological polar surface area (TPSA) is 35.5 Å². The van der Waals surface area contributed by atoms with Gasteiger partial charge in [0.1, 0.15) is 13.8 Å². The predicted molar refractivity (Wildman–Crippen MR) is 109 cm³/mol. The highest BCUT2D eigenvalue weighted by molar-refractivity contribution is 7.04. The molecule has 0 aromatic heterocycles. The Morgan fingerprint density at radius 1 is 1.08 bits per heavy atom. The van der Waals surface area contributed by atoms with Crippen LogP contribution < -0.4 is 9.92 Å². The number of carbonyl (C=O) groups is 1. The van der Waals surface area contributed by atoms with Crippen molar-refractivity contribution in [2.45, 2.75) is 26.4 Å². The average Bonchev–Trinajstić information content (AvgIpc) is 2.66. The summed E-state index contributed by atoms with van der Waals surface area (Å²) in [5.41, 5.74) is 4.52. The second-order valence-electron chi connectivity index (χ2n) is 6.45. The van der Waals surface area contributed by atoms with Crippen molar-refractivity contribution >= 4 is 24.4 Å². The quantitative estimate of drug-likeness (QED) is 0.415. The Hall–Kier alpha value is -2.55. The molecule has 0 amide bonds. The Morgan fingerprint density at radius 3 is 2.31 bits per heavy atom. The van der Waals surface area contributed by atoms with Crippen molar-refractivity contribution in [2.24, 2.45) is 0 Å². The van der Waals surface area contributed by atoms with Crippen LogP contribution >= 0.6 is 0 Å². The van der Waals surface area contributed by atoms with E-state index in [1.54, 1.807) is 13.2 Å². The van der Waals surface area contributed by atoms with Crippen molar-refractivity contribution in [3.63, 3.8) is 0 Å². The highest BCUT2D eigenvalue weighted by atomic mass is 28.3. The minimum Gasteiger partial charge on any atom is -0.497 e. The van der Waals surface area contributed by atoms with Crippen LogP contribution in [-0.2, 0) is 9.53 Å². The molecule has 0 radical (unpaired) electrons. The molecule has 2 rings (SSSR count). The summed E-state index contributed by atoms with van der Waals surface area (Å²) in [5, 5.41) is 2.47. The second-order valence-corrected chi connectivity index (χ2v) is 10.8. The summed E-state index contributed by atoms with van der Waals surface area (Å²) in [6, 6.07) is 18.5. The molecule has 0 N–H and O–H groups in total. The van der Waals surface area contributed by atoms with E-state index in [1.807, 2.05) is 25.1 Å². The Morgan fingerprint density at radius 2 is 1.73 bits per heavy atom. The van der Waals surface area contributed by atoms with Crippen molar-refractivity contribution in [2.75, 3.05) is 13.7 Å². The molecule has 0 aliphatic carbocycles. The van der Waals surface area contributed by atoms with E-state index in [1.165, 1.54) is 5.19 Å². The smallest absolute Gasteiger partial charge is 0.310 e. The van der Waals surface area contributed by atoms with Crippen LogP contribution in [-0.4, -0.2) is 27.8 Å². The highest BCUT2D eigenvalue weighted by Crippen LogP contribution is 2.26. The fourth-order valence-corrected chi connectivity index (χ4v) is 5.50. The lowest BCUT2D eigenvalue weighted by Gasteiger charge is -2.25. The molecule has 4 heteroatoms. The van der Waals surface area contributed by atoms with Gasteiger partial charge in [-0.3, -0.25) is 4.79 Å². The maximum absolute atomic E-state index is 11.7. The number of esters is 1. The SMILES string of the molecule is CCOC(=O)CC=C=C(c1ccc(OC)cc1)[Si](C)(C)c1ccccc1. The van der Waals surface area contributed by atoms with Crippen molar-refractivity contribution < 1.29 is 14.3 Å². The van der Waals surface area contributed by atoms with E-state index in [2.05, 4.69) is 55.2 Å². The van der Waals surface area contributed by atoms with Gasteiger partial charge < -0.3 is 9.47 Å². The number of ether oxygens (including phenoxy) is 2. The average molecular weight is 367 g/mol. The van der Waals surface area contributed by atoms with Gasteiger partial charge in [0.15, 0.2) is 0 Å². The summed E-state index contributed by atoms with van der Waals surface area (Å²) in [4.78, 5) is 11.7. The first kappa shape index (κ1) is 19.8. The van der Waals surface area contributed by atoms with Gasteiger partial charge in [-0.15, -0.1) is 5.73 Å². The van der Waals surface area contributed by atoms with E-state index < -0.39 is 8.07 Å². The molecule has 0 fully saturated rings. The van der Waals surface area contributed by atoms with Crippen molar-refractivity contribution in [3.05, 3.63) is 72.0 Å². The first-order valence-electron chi connectivity index (χ1n) is 8.80. The summed E-state index contributed by atoms with van der Waals surface area (Å²) in [7, 11) is -0.326. The number of benzene rings is 2. The third-order valence-corrected chi connectivity index (χ3v) is 7.78. The number of hydrogen-bond acceptors (Lipinski definition) is 3. The number of hydrogen-bond donors (Lipinski definition) is 0. The van der Waals surface area contributed by atoms with Gasteiger partial charge in [0.25, 0.3) is 0 Å². The van der Waals surface area contributed by atoms with Gasteiger partial charge in [-0.25, -0.2) is 0 Å². The fourth-order valence-electron chi connectivity index (χ4n) is 2.84. The van der Waals surface area contributed by atoms with Crippen LogP contribution in [0.25, 0.3) is 5.20 Å². The molecule has 0 spiro atoms. The van der Waals surface area contributed by atoms with Crippen LogP contribution in [0.5, 0.6) is 5.75 Å². The number of rotatable bonds is 7. The second kappa shape index (κ2) is 9.23. The molecule has 0 aliphatic rings. The zero-order valence-electron chi connectivity index (χ0n) is 15.9. The summed E-state index contributed by atoms with van der Waals surface area (Å²) < 4.78 is 10.3. The first-order valence-corrected chi connectivity index (χ1v) is 11.8. The summed E-state index contributed by atoms with van der Waals surface area (Å²) in [6.45, 7) is 6.80. The van der Waals surface area contributed by atoms with E-state index in [0.717, 1.165) is 16.5 Å². The van der Waals surface area contributed by atoms with Crippen molar-refractivity contribution in [1.29, 1.82) is 0 Å². The Bertz CT molecular complexity index is 786. The molecule has 0 heterocycles. The lowest BCUT2D eigenvalue weighted by atomic mass is 10.2. The van der Waals surface area contributed by atoms with E-state index in [0.29, 0.717) is 6.61 Å². The van der Waals surface area contributed by atoms with Gasteiger partial charge in [-0.1, -0.05) is 60.7 Å². The summed E-state index contributed by atoms with van der Waals surface area (Å²) in [5.74, 6) is 0.594. The van der Waals surface area contributed by atoms with Gasteiger partial charge >= 0.3 is 5.97 Å². The molecule has 2 aromatic rings. The van der Waals surface area contributed by atoms with E-state index in [9.17, 15) is 4.79 Å². The van der Waals surface area contributed by atoms with Crippen molar-refractivity contribution in [3.8, 4) is 5.75 Å². The zero-order valence-corrected chi connectivity index (χ0v) is 16.9. The molecule has 26 heavy (non-hydrogen) atoms. The maximum atomic E-state index is 11.7. The van der Waals surface area contributed by atoms with Crippen LogP contribution in [0.4, 0.5) is 0 Å². The molecular weight excluding hydrogens is 340 g/mol. The molecule has 0 bridgehead atoms. The monoisotopic (exact) mass is 366 g/mol. The maximum Gasteiger partial charge on any atom is 0.310 e. The summed E-state index contributed by atoms with van der Waals surface area (Å²) >= 11 is 0. The molecule has 0 saturated heterocycles.